The Kier molecular flexibility index (Phi) is 7.18. The molecule has 0 spiro atoms. The van der Waals surface area contributed by atoms with Crippen molar-refractivity contribution >= 4 is 27.5 Å². The fourth-order valence-electron chi connectivity index (χ4n) is 4.82. The van der Waals surface area contributed by atoms with Crippen LogP contribution in [0.1, 0.15) is 29.3 Å². The topological polar surface area (TPSA) is 85.5 Å². The molecule has 2 aromatic heterocycles. The molecule has 5 aromatic rings. The standard InChI is InChI=1S/C31H31N3O4/c1-5-26-24-17-29(38-4)28(37-3)16-23(24)25(31(35)34-26)15-21-13-20-14-22(36-2)11-12-27(20)33-30(21)32-18-19-9-7-6-8-10-19/h6-14,16-17H,5,15,18H2,1-4H3,(H,32,33)(H,34,35). The Hall–Kier alpha value is -4.52. The molecule has 0 aliphatic carbocycles. The quantitative estimate of drug-likeness (QED) is 0.259. The summed E-state index contributed by atoms with van der Waals surface area (Å²) in [5.41, 5.74) is 4.27. The molecule has 0 fully saturated rings. The number of methoxy groups -OCH3 is 3. The first-order valence-electron chi connectivity index (χ1n) is 12.6. The van der Waals surface area contributed by atoms with Gasteiger partial charge in [-0.1, -0.05) is 37.3 Å². The number of rotatable bonds is 9. The van der Waals surface area contributed by atoms with Gasteiger partial charge in [-0.15, -0.1) is 0 Å². The average Bonchev–Trinajstić information content (AvgIpc) is 2.96. The molecule has 0 amide bonds. The number of pyridine rings is 2. The number of anilines is 1. The second-order valence-corrected chi connectivity index (χ2v) is 9.09. The molecule has 38 heavy (non-hydrogen) atoms. The Morgan fingerprint density at radius 2 is 1.61 bits per heavy atom. The van der Waals surface area contributed by atoms with Crippen molar-refractivity contribution < 1.29 is 14.2 Å². The van der Waals surface area contributed by atoms with Crippen LogP contribution >= 0.6 is 0 Å². The van der Waals surface area contributed by atoms with E-state index in [0.29, 0.717) is 36.4 Å². The molecular weight excluding hydrogens is 478 g/mol. The Morgan fingerprint density at radius 3 is 2.29 bits per heavy atom. The van der Waals surface area contributed by atoms with Gasteiger partial charge in [-0.2, -0.15) is 0 Å². The molecule has 194 valence electrons. The maximum absolute atomic E-state index is 13.4. The number of H-pyrrole nitrogens is 1. The van der Waals surface area contributed by atoms with E-state index in [4.69, 9.17) is 19.2 Å². The predicted molar refractivity (Wildman–Crippen MR) is 152 cm³/mol. The van der Waals surface area contributed by atoms with Gasteiger partial charge in [-0.05, 0) is 59.3 Å². The van der Waals surface area contributed by atoms with Gasteiger partial charge in [0.1, 0.15) is 11.6 Å². The van der Waals surface area contributed by atoms with Gasteiger partial charge < -0.3 is 24.5 Å². The maximum Gasteiger partial charge on any atom is 0.252 e. The number of fused-ring (bicyclic) bond motifs is 2. The first-order valence-corrected chi connectivity index (χ1v) is 12.6. The van der Waals surface area contributed by atoms with Crippen LogP contribution < -0.4 is 25.1 Å². The van der Waals surface area contributed by atoms with Crippen LogP contribution in [-0.4, -0.2) is 31.3 Å². The third-order valence-corrected chi connectivity index (χ3v) is 6.84. The summed E-state index contributed by atoms with van der Waals surface area (Å²) in [5, 5.41) is 6.22. The fourth-order valence-corrected chi connectivity index (χ4v) is 4.82. The van der Waals surface area contributed by atoms with E-state index in [9.17, 15) is 4.79 Å². The highest BCUT2D eigenvalue weighted by atomic mass is 16.5. The number of ether oxygens (including phenoxy) is 3. The van der Waals surface area contributed by atoms with Crippen LogP contribution in [0.25, 0.3) is 21.7 Å². The Balaban J connectivity index is 1.67. The molecule has 0 atom stereocenters. The highest BCUT2D eigenvalue weighted by Gasteiger charge is 2.18. The lowest BCUT2D eigenvalue weighted by molar-refractivity contribution is 0.356. The third-order valence-electron chi connectivity index (χ3n) is 6.84. The molecule has 0 unspecified atom stereocenters. The molecule has 0 radical (unpaired) electrons. The fraction of sp³-hybridized carbons (Fsp3) is 0.226. The molecule has 2 N–H and O–H groups in total. The number of aromatic amines is 1. The van der Waals surface area contributed by atoms with Crippen molar-refractivity contribution in [3.05, 3.63) is 99.5 Å². The lowest BCUT2D eigenvalue weighted by Crippen LogP contribution is -2.17. The van der Waals surface area contributed by atoms with E-state index in [1.807, 2.05) is 55.5 Å². The van der Waals surface area contributed by atoms with Crippen LogP contribution in [0.4, 0.5) is 5.82 Å². The summed E-state index contributed by atoms with van der Waals surface area (Å²) in [6.45, 7) is 2.63. The van der Waals surface area contributed by atoms with Gasteiger partial charge in [-0.25, -0.2) is 4.98 Å². The molecule has 7 nitrogen and oxygen atoms in total. The number of aromatic nitrogens is 2. The zero-order valence-corrected chi connectivity index (χ0v) is 22.1. The average molecular weight is 510 g/mol. The zero-order chi connectivity index (χ0) is 26.6. The highest BCUT2D eigenvalue weighted by Crippen LogP contribution is 2.35. The Morgan fingerprint density at radius 1 is 0.868 bits per heavy atom. The molecule has 0 saturated heterocycles. The van der Waals surface area contributed by atoms with Gasteiger partial charge in [0.2, 0.25) is 0 Å². The van der Waals surface area contributed by atoms with Crippen molar-refractivity contribution in [2.24, 2.45) is 0 Å². The number of aryl methyl sites for hydroxylation is 1. The minimum atomic E-state index is -0.124. The van der Waals surface area contributed by atoms with E-state index in [0.717, 1.165) is 50.1 Å². The van der Waals surface area contributed by atoms with Gasteiger partial charge in [0.05, 0.1) is 26.8 Å². The van der Waals surface area contributed by atoms with E-state index in [1.54, 1.807) is 21.3 Å². The van der Waals surface area contributed by atoms with Gasteiger partial charge in [0.15, 0.2) is 11.5 Å². The Labute approximate surface area is 221 Å². The minimum Gasteiger partial charge on any atom is -0.497 e. The zero-order valence-electron chi connectivity index (χ0n) is 22.1. The molecular formula is C31H31N3O4. The van der Waals surface area contributed by atoms with Gasteiger partial charge >= 0.3 is 0 Å². The van der Waals surface area contributed by atoms with Crippen molar-refractivity contribution in [1.29, 1.82) is 0 Å². The first-order chi connectivity index (χ1) is 18.5. The third kappa shape index (κ3) is 4.87. The smallest absolute Gasteiger partial charge is 0.252 e. The number of nitrogens with zero attached hydrogens (tertiary/aromatic N) is 1. The van der Waals surface area contributed by atoms with Crippen molar-refractivity contribution in [3.8, 4) is 17.2 Å². The largest absolute Gasteiger partial charge is 0.497 e. The summed E-state index contributed by atoms with van der Waals surface area (Å²) in [6.07, 6.45) is 1.06. The van der Waals surface area contributed by atoms with E-state index in [1.165, 1.54) is 0 Å². The normalized spacial score (nSPS) is 11.1. The van der Waals surface area contributed by atoms with Gasteiger partial charge in [-0.3, -0.25) is 4.79 Å². The van der Waals surface area contributed by atoms with E-state index in [2.05, 4.69) is 28.5 Å². The van der Waals surface area contributed by atoms with Crippen molar-refractivity contribution in [2.75, 3.05) is 26.6 Å². The lowest BCUT2D eigenvalue weighted by Gasteiger charge is -2.16. The first kappa shape index (κ1) is 25.1. The minimum absolute atomic E-state index is 0.124. The molecule has 7 heteroatoms. The summed E-state index contributed by atoms with van der Waals surface area (Å²) >= 11 is 0. The molecule has 3 aromatic carbocycles. The summed E-state index contributed by atoms with van der Waals surface area (Å²) in [4.78, 5) is 21.5. The van der Waals surface area contributed by atoms with Crippen LogP contribution in [0.15, 0.2) is 71.5 Å². The highest BCUT2D eigenvalue weighted by molar-refractivity contribution is 5.91. The molecule has 0 aliphatic heterocycles. The lowest BCUT2D eigenvalue weighted by atomic mass is 9.97. The van der Waals surface area contributed by atoms with E-state index < -0.39 is 0 Å². The molecule has 0 aliphatic rings. The van der Waals surface area contributed by atoms with Crippen LogP contribution in [0.3, 0.4) is 0 Å². The molecule has 2 heterocycles. The number of benzene rings is 3. The van der Waals surface area contributed by atoms with Gasteiger partial charge in [0.25, 0.3) is 5.56 Å². The summed E-state index contributed by atoms with van der Waals surface area (Å²) in [5.74, 6) is 2.69. The molecule has 0 bridgehead atoms. The summed E-state index contributed by atoms with van der Waals surface area (Å²) in [6, 6.07) is 21.9. The van der Waals surface area contributed by atoms with Crippen LogP contribution in [0.2, 0.25) is 0 Å². The number of nitrogens with one attached hydrogen (secondary N) is 2. The predicted octanol–water partition coefficient (Wildman–Crippen LogP) is 5.87. The van der Waals surface area contributed by atoms with E-state index >= 15 is 0 Å². The molecule has 0 saturated carbocycles. The second-order valence-electron chi connectivity index (χ2n) is 9.09. The van der Waals surface area contributed by atoms with E-state index in [-0.39, 0.29) is 5.56 Å². The van der Waals surface area contributed by atoms with Crippen LogP contribution in [0, 0.1) is 0 Å². The summed E-state index contributed by atoms with van der Waals surface area (Å²) in [7, 11) is 4.86. The second kappa shape index (κ2) is 10.8. The number of hydrogen-bond donors (Lipinski definition) is 2. The van der Waals surface area contributed by atoms with Crippen molar-refractivity contribution in [3.63, 3.8) is 0 Å². The van der Waals surface area contributed by atoms with Crippen molar-refractivity contribution in [1.82, 2.24) is 9.97 Å². The van der Waals surface area contributed by atoms with Crippen LogP contribution in [-0.2, 0) is 19.4 Å². The van der Waals surface area contributed by atoms with Crippen LogP contribution in [0.5, 0.6) is 17.2 Å². The van der Waals surface area contributed by atoms with Gasteiger partial charge in [0, 0.05) is 35.0 Å². The summed E-state index contributed by atoms with van der Waals surface area (Å²) < 4.78 is 16.6. The maximum atomic E-state index is 13.4. The van der Waals surface area contributed by atoms with Crippen molar-refractivity contribution in [2.45, 2.75) is 26.3 Å². The molecule has 5 rings (SSSR count). The number of hydrogen-bond acceptors (Lipinski definition) is 6. The SMILES string of the molecule is CCc1[nH]c(=O)c(Cc2cc3cc(OC)ccc3nc2NCc2ccccc2)c2cc(OC)c(OC)cc12. The Bertz CT molecular complexity index is 1660. The monoisotopic (exact) mass is 509 g/mol.